The predicted octanol–water partition coefficient (Wildman–Crippen LogP) is 6.81. The summed E-state index contributed by atoms with van der Waals surface area (Å²) in [6.45, 7) is 17.9. The number of esters is 2. The Labute approximate surface area is 248 Å². The first-order valence-electron chi connectivity index (χ1n) is 12.5. The number of ether oxygens (including phenoxy) is 2. The predicted molar refractivity (Wildman–Crippen MR) is 160 cm³/mol. The van der Waals surface area contributed by atoms with E-state index in [1.54, 1.807) is 20.8 Å². The number of aromatic nitrogens is 4. The molecular weight excluding hydrogens is 620 g/mol. The number of fused-ring (bicyclic) bond motifs is 2. The second kappa shape index (κ2) is 11.9. The highest BCUT2D eigenvalue weighted by Gasteiger charge is 2.27. The number of carbonyl (C=O) groups excluding carboxylic acids is 2. The zero-order valence-corrected chi connectivity index (χ0v) is 27.1. The van der Waals surface area contributed by atoms with Gasteiger partial charge < -0.3 is 19.7 Å². The summed E-state index contributed by atoms with van der Waals surface area (Å²) in [6.07, 6.45) is 0. The van der Waals surface area contributed by atoms with Gasteiger partial charge in [0.1, 0.15) is 25.0 Å². The van der Waals surface area contributed by atoms with Crippen LogP contribution in [0.15, 0.2) is 4.60 Å². The number of halogens is 1. The lowest BCUT2D eigenvalue weighted by Crippen LogP contribution is -2.10. The summed E-state index contributed by atoms with van der Waals surface area (Å²) in [6, 6.07) is 0. The van der Waals surface area contributed by atoms with Crippen LogP contribution in [0.25, 0.3) is 20.4 Å². The first-order chi connectivity index (χ1) is 18.5. The number of thiazole rings is 2. The molecule has 0 atom stereocenters. The number of pyridine rings is 2. The number of aromatic hydroxyl groups is 2. The molecule has 216 valence electrons. The lowest BCUT2D eigenvalue weighted by atomic mass is 9.98. The van der Waals surface area contributed by atoms with E-state index in [9.17, 15) is 19.8 Å². The van der Waals surface area contributed by atoms with Crippen molar-refractivity contribution in [2.24, 2.45) is 0 Å². The topological polar surface area (TPSA) is 145 Å². The number of carbonyl (C=O) groups is 2. The summed E-state index contributed by atoms with van der Waals surface area (Å²) in [4.78, 5) is 40.8. The zero-order valence-electron chi connectivity index (χ0n) is 23.9. The van der Waals surface area contributed by atoms with Gasteiger partial charge >= 0.3 is 11.9 Å². The molecular formula is C27H33BrN4O6S2. The van der Waals surface area contributed by atoms with Gasteiger partial charge in [-0.2, -0.15) is 0 Å². The Bertz CT molecular complexity index is 1470. The van der Waals surface area contributed by atoms with Crippen molar-refractivity contribution in [3.8, 4) is 11.5 Å². The van der Waals surface area contributed by atoms with Gasteiger partial charge in [-0.25, -0.2) is 29.5 Å². The molecule has 0 fully saturated rings. The fourth-order valence-corrected chi connectivity index (χ4v) is 6.15. The minimum Gasteiger partial charge on any atom is -0.504 e. The number of nitrogens with zero attached hydrogens (tertiary/aromatic N) is 4. The summed E-state index contributed by atoms with van der Waals surface area (Å²) < 4.78 is 11.4. The second-order valence-corrected chi connectivity index (χ2v) is 13.6. The molecule has 0 aliphatic heterocycles. The fraction of sp³-hybridized carbons (Fsp3) is 0.481. The molecule has 2 N–H and O–H groups in total. The normalized spacial score (nSPS) is 11.8. The van der Waals surface area contributed by atoms with Crippen LogP contribution in [-0.4, -0.2) is 55.3 Å². The zero-order chi connectivity index (χ0) is 30.2. The maximum Gasteiger partial charge on any atom is 0.360 e. The van der Waals surface area contributed by atoms with Crippen molar-refractivity contribution >= 4 is 71.0 Å². The molecule has 0 aliphatic rings. The minimum atomic E-state index is -0.640. The van der Waals surface area contributed by atoms with Gasteiger partial charge in [0.2, 0.25) is 0 Å². The Morgan fingerprint density at radius 3 is 1.57 bits per heavy atom. The molecule has 13 heteroatoms. The van der Waals surface area contributed by atoms with Crippen LogP contribution in [0.5, 0.6) is 11.5 Å². The van der Waals surface area contributed by atoms with Gasteiger partial charge in [0, 0.05) is 10.8 Å². The van der Waals surface area contributed by atoms with E-state index >= 15 is 0 Å². The van der Waals surface area contributed by atoms with E-state index in [1.165, 1.54) is 22.7 Å². The van der Waals surface area contributed by atoms with Crippen LogP contribution >= 0.6 is 38.6 Å². The van der Waals surface area contributed by atoms with E-state index in [1.807, 2.05) is 20.8 Å². The average molecular weight is 654 g/mol. The highest BCUT2D eigenvalue weighted by atomic mass is 79.9. The van der Waals surface area contributed by atoms with Crippen molar-refractivity contribution in [3.05, 3.63) is 31.7 Å². The molecule has 0 aromatic carbocycles. The Balaban J connectivity index is 0.000000220. The van der Waals surface area contributed by atoms with Gasteiger partial charge in [0.05, 0.1) is 28.9 Å². The molecule has 0 spiro atoms. The average Bonchev–Trinajstić information content (AvgIpc) is 3.51. The van der Waals surface area contributed by atoms with Crippen molar-refractivity contribution in [1.82, 2.24) is 19.9 Å². The van der Waals surface area contributed by atoms with E-state index in [0.29, 0.717) is 30.7 Å². The first-order valence-corrected chi connectivity index (χ1v) is 15.0. The maximum atomic E-state index is 11.8. The third-order valence-electron chi connectivity index (χ3n) is 5.38. The second-order valence-electron chi connectivity index (χ2n) is 10.8. The highest BCUT2D eigenvalue weighted by Crippen LogP contribution is 2.40. The third kappa shape index (κ3) is 6.52. The molecule has 0 unspecified atom stereocenters. The van der Waals surface area contributed by atoms with Gasteiger partial charge in [0.25, 0.3) is 0 Å². The van der Waals surface area contributed by atoms with Crippen LogP contribution in [0.1, 0.15) is 92.1 Å². The van der Waals surface area contributed by atoms with Gasteiger partial charge in [0.15, 0.2) is 22.9 Å². The quantitative estimate of drug-likeness (QED) is 0.178. The Morgan fingerprint density at radius 1 is 0.750 bits per heavy atom. The smallest absolute Gasteiger partial charge is 0.360 e. The highest BCUT2D eigenvalue weighted by molar-refractivity contribution is 9.10. The molecule has 0 radical (unpaired) electrons. The van der Waals surface area contributed by atoms with Crippen molar-refractivity contribution < 1.29 is 29.3 Å². The molecule has 40 heavy (non-hydrogen) atoms. The lowest BCUT2D eigenvalue weighted by molar-refractivity contribution is 0.0506. The van der Waals surface area contributed by atoms with E-state index in [2.05, 4.69) is 56.6 Å². The van der Waals surface area contributed by atoms with Crippen LogP contribution in [0, 0.1) is 6.92 Å². The van der Waals surface area contributed by atoms with Gasteiger partial charge in [-0.15, -0.1) is 22.7 Å². The summed E-state index contributed by atoms with van der Waals surface area (Å²) in [7, 11) is 0. The molecule has 0 amide bonds. The van der Waals surface area contributed by atoms with Gasteiger partial charge in [-0.3, -0.25) is 0 Å². The number of hydrogen-bond acceptors (Lipinski definition) is 12. The summed E-state index contributed by atoms with van der Waals surface area (Å²) in [5.41, 5.74) is 1.44. The first kappa shape index (κ1) is 31.6. The largest absolute Gasteiger partial charge is 0.504 e. The number of rotatable bonds is 4. The monoisotopic (exact) mass is 652 g/mol. The standard InChI is InChI=1S/C14H18N2O3S.C13H15BrN2O3S/c1-6-19-12(18)9-10(17)11-8(7(2)15-9)16-13(20-11)14(3,4)5;1-5-19-11(18)6-8(17)9-7(10(14)15-6)16-12(20-9)13(2,3)4/h17H,6H2,1-5H3;17H,5H2,1-4H3. The van der Waals surface area contributed by atoms with Crippen LogP contribution in [0.3, 0.4) is 0 Å². The molecule has 4 aromatic rings. The molecule has 4 aromatic heterocycles. The Morgan fingerprint density at radius 2 is 1.15 bits per heavy atom. The van der Waals surface area contributed by atoms with Crippen molar-refractivity contribution in [3.63, 3.8) is 0 Å². The van der Waals surface area contributed by atoms with Gasteiger partial charge in [-0.05, 0) is 36.7 Å². The Kier molecular flexibility index (Phi) is 9.42. The van der Waals surface area contributed by atoms with Crippen LogP contribution in [0.4, 0.5) is 0 Å². The fourth-order valence-electron chi connectivity index (χ4n) is 3.36. The van der Waals surface area contributed by atoms with E-state index in [4.69, 9.17) is 9.47 Å². The molecule has 0 aliphatic carbocycles. The minimum absolute atomic E-state index is 0.0408. The molecule has 0 bridgehead atoms. The Hall–Kier alpha value is -2.90. The molecule has 4 heterocycles. The van der Waals surface area contributed by atoms with E-state index in [0.717, 1.165) is 10.0 Å². The van der Waals surface area contributed by atoms with Crippen molar-refractivity contribution in [1.29, 1.82) is 0 Å². The molecule has 4 rings (SSSR count). The summed E-state index contributed by atoms with van der Waals surface area (Å²) >= 11 is 6.04. The third-order valence-corrected chi connectivity index (χ3v) is 8.91. The summed E-state index contributed by atoms with van der Waals surface area (Å²) in [5.74, 6) is -1.56. The maximum absolute atomic E-state index is 11.8. The number of hydrogen-bond donors (Lipinski definition) is 2. The van der Waals surface area contributed by atoms with Crippen LogP contribution < -0.4 is 0 Å². The van der Waals surface area contributed by atoms with Crippen LogP contribution in [0.2, 0.25) is 0 Å². The SMILES string of the molecule is CCOC(=O)c1nc(Br)c2nc(C(C)(C)C)sc2c1O.CCOC(=O)c1nc(C)c2nc(C(C)(C)C)sc2c1O. The van der Waals surface area contributed by atoms with Crippen LogP contribution in [-0.2, 0) is 20.3 Å². The van der Waals surface area contributed by atoms with E-state index < -0.39 is 11.9 Å². The van der Waals surface area contributed by atoms with E-state index in [-0.39, 0.29) is 46.9 Å². The van der Waals surface area contributed by atoms with Gasteiger partial charge in [-0.1, -0.05) is 41.5 Å². The summed E-state index contributed by atoms with van der Waals surface area (Å²) in [5, 5.41) is 22.3. The lowest BCUT2D eigenvalue weighted by Gasteiger charge is -2.13. The molecule has 0 saturated carbocycles. The molecule has 10 nitrogen and oxygen atoms in total. The number of aryl methyl sites for hydroxylation is 1. The van der Waals surface area contributed by atoms with Crippen molar-refractivity contribution in [2.45, 2.75) is 73.1 Å². The van der Waals surface area contributed by atoms with Crippen molar-refractivity contribution in [2.75, 3.05) is 13.2 Å². The molecule has 0 saturated heterocycles.